The van der Waals surface area contributed by atoms with E-state index in [-0.39, 0.29) is 0 Å². The third-order valence-corrected chi connectivity index (χ3v) is 2.58. The fourth-order valence-electron chi connectivity index (χ4n) is 1.90. The lowest BCUT2D eigenvalue weighted by atomic mass is 10.0. The molecule has 1 saturated heterocycles. The molecule has 3 N–H and O–H groups in total. The van der Waals surface area contributed by atoms with Crippen LogP contribution in [0.5, 0.6) is 0 Å². The van der Waals surface area contributed by atoms with Crippen LogP contribution in [0.25, 0.3) is 0 Å². The minimum Gasteiger partial charge on any atom is -0.326 e. The van der Waals surface area contributed by atoms with E-state index in [1.54, 1.807) is 0 Å². The topological polar surface area (TPSA) is 38.0 Å². The van der Waals surface area contributed by atoms with E-state index in [2.05, 4.69) is 35.6 Å². The van der Waals surface area contributed by atoms with Gasteiger partial charge in [-0.3, -0.25) is 0 Å². The second-order valence-corrected chi connectivity index (χ2v) is 3.79. The van der Waals surface area contributed by atoms with Crippen molar-refractivity contribution in [2.24, 2.45) is 5.73 Å². The lowest BCUT2D eigenvalue weighted by Gasteiger charge is -2.09. The van der Waals surface area contributed by atoms with E-state index < -0.39 is 0 Å². The first-order valence-corrected chi connectivity index (χ1v) is 5.87. The third-order valence-electron chi connectivity index (χ3n) is 2.58. The van der Waals surface area contributed by atoms with Crippen molar-refractivity contribution in [3.8, 4) is 0 Å². The summed E-state index contributed by atoms with van der Waals surface area (Å²) in [6.45, 7) is 4.97. The molecule has 0 bridgehead atoms. The van der Waals surface area contributed by atoms with Gasteiger partial charge in [-0.1, -0.05) is 44.2 Å². The summed E-state index contributed by atoms with van der Waals surface area (Å²) in [5.74, 6) is 0. The van der Waals surface area contributed by atoms with Gasteiger partial charge >= 0.3 is 0 Å². The summed E-state index contributed by atoms with van der Waals surface area (Å²) in [5.41, 5.74) is 7.21. The van der Waals surface area contributed by atoms with Crippen molar-refractivity contribution in [1.29, 1.82) is 0 Å². The minimum atomic E-state index is 0.355. The Bertz CT molecular complexity index is 258. The smallest absolute Gasteiger partial charge is 0.0180 e. The van der Waals surface area contributed by atoms with Crippen LogP contribution < -0.4 is 11.1 Å². The van der Waals surface area contributed by atoms with Gasteiger partial charge in [-0.2, -0.15) is 0 Å². The highest BCUT2D eigenvalue weighted by Crippen LogP contribution is 2.10. The van der Waals surface area contributed by atoms with E-state index in [1.165, 1.54) is 5.56 Å². The van der Waals surface area contributed by atoms with E-state index in [0.717, 1.165) is 19.4 Å². The number of nitrogens with one attached hydrogen (secondary N) is 1. The van der Waals surface area contributed by atoms with E-state index in [4.69, 9.17) is 5.73 Å². The molecular weight excluding hydrogens is 184 g/mol. The highest BCUT2D eigenvalue weighted by molar-refractivity contribution is 5.16. The first-order valence-electron chi connectivity index (χ1n) is 5.87. The molecule has 1 aromatic carbocycles. The Hall–Kier alpha value is -0.860. The first kappa shape index (κ1) is 12.2. The molecule has 0 saturated carbocycles. The zero-order valence-electron chi connectivity index (χ0n) is 9.74. The summed E-state index contributed by atoms with van der Waals surface area (Å²) >= 11 is 0. The van der Waals surface area contributed by atoms with Crippen LogP contribution in [0, 0.1) is 0 Å². The van der Waals surface area contributed by atoms with Gasteiger partial charge in [-0.05, 0) is 18.4 Å². The molecule has 84 valence electrons. The molecule has 2 unspecified atom stereocenters. The van der Waals surface area contributed by atoms with Gasteiger partial charge in [-0.15, -0.1) is 0 Å². The third kappa shape index (κ3) is 4.02. The zero-order chi connectivity index (χ0) is 11.1. The summed E-state index contributed by atoms with van der Waals surface area (Å²) in [6.07, 6.45) is 2.21. The quantitative estimate of drug-likeness (QED) is 0.776. The van der Waals surface area contributed by atoms with Crippen molar-refractivity contribution < 1.29 is 0 Å². The Morgan fingerprint density at radius 1 is 1.27 bits per heavy atom. The lowest BCUT2D eigenvalue weighted by molar-refractivity contribution is 0.597. The highest BCUT2D eigenvalue weighted by atomic mass is 15.0. The van der Waals surface area contributed by atoms with Crippen LogP contribution in [0.4, 0.5) is 0 Å². The van der Waals surface area contributed by atoms with Gasteiger partial charge in [0.05, 0.1) is 0 Å². The maximum atomic E-state index is 5.82. The van der Waals surface area contributed by atoms with Crippen molar-refractivity contribution in [3.63, 3.8) is 0 Å². The average Bonchev–Trinajstić information content (AvgIpc) is 2.68. The molecule has 2 atom stereocenters. The molecule has 1 aliphatic rings. The number of rotatable bonds is 2. The van der Waals surface area contributed by atoms with Gasteiger partial charge in [0.15, 0.2) is 0 Å². The predicted molar refractivity (Wildman–Crippen MR) is 65.9 cm³/mol. The Kier molecular flexibility index (Phi) is 5.37. The molecule has 0 aliphatic carbocycles. The summed E-state index contributed by atoms with van der Waals surface area (Å²) < 4.78 is 0. The van der Waals surface area contributed by atoms with Crippen LogP contribution in [0.1, 0.15) is 25.8 Å². The number of nitrogens with two attached hydrogens (primary N) is 1. The molecule has 1 aliphatic heterocycles. The maximum Gasteiger partial charge on any atom is 0.0180 e. The summed E-state index contributed by atoms with van der Waals surface area (Å²) in [5, 5.41) is 3.43. The van der Waals surface area contributed by atoms with Gasteiger partial charge in [0, 0.05) is 18.6 Å². The number of hydrogen-bond donors (Lipinski definition) is 2. The van der Waals surface area contributed by atoms with Crippen LogP contribution in [0.3, 0.4) is 0 Å². The SMILES string of the molecule is CC.NC1CNC(Cc2ccccc2)C1. The molecule has 2 rings (SSSR count). The molecular formula is C13H22N2. The van der Waals surface area contributed by atoms with Gasteiger partial charge < -0.3 is 11.1 Å². The van der Waals surface area contributed by atoms with Crippen molar-refractivity contribution in [3.05, 3.63) is 35.9 Å². The van der Waals surface area contributed by atoms with Crippen molar-refractivity contribution in [2.45, 2.75) is 38.8 Å². The molecule has 2 nitrogen and oxygen atoms in total. The fraction of sp³-hybridized carbons (Fsp3) is 0.538. The Morgan fingerprint density at radius 3 is 2.47 bits per heavy atom. The second-order valence-electron chi connectivity index (χ2n) is 3.79. The van der Waals surface area contributed by atoms with Crippen molar-refractivity contribution in [1.82, 2.24) is 5.32 Å². The van der Waals surface area contributed by atoms with E-state index in [0.29, 0.717) is 12.1 Å². The summed E-state index contributed by atoms with van der Waals surface area (Å²) in [4.78, 5) is 0. The van der Waals surface area contributed by atoms with Gasteiger partial charge in [-0.25, -0.2) is 0 Å². The van der Waals surface area contributed by atoms with Crippen LogP contribution in [0.2, 0.25) is 0 Å². The van der Waals surface area contributed by atoms with Crippen molar-refractivity contribution >= 4 is 0 Å². The Labute approximate surface area is 92.9 Å². The molecule has 0 aromatic heterocycles. The maximum absolute atomic E-state index is 5.82. The fourth-order valence-corrected chi connectivity index (χ4v) is 1.90. The van der Waals surface area contributed by atoms with E-state index in [9.17, 15) is 0 Å². The largest absolute Gasteiger partial charge is 0.326 e. The van der Waals surface area contributed by atoms with E-state index in [1.807, 2.05) is 13.8 Å². The van der Waals surface area contributed by atoms with Crippen LogP contribution in [-0.4, -0.2) is 18.6 Å². The molecule has 1 aromatic rings. The predicted octanol–water partition coefficient (Wildman–Crippen LogP) is 1.94. The van der Waals surface area contributed by atoms with Crippen LogP contribution >= 0.6 is 0 Å². The highest BCUT2D eigenvalue weighted by Gasteiger charge is 2.20. The molecule has 0 radical (unpaired) electrons. The lowest BCUT2D eigenvalue weighted by Crippen LogP contribution is -2.24. The van der Waals surface area contributed by atoms with E-state index >= 15 is 0 Å². The Balaban J connectivity index is 0.000000531. The second kappa shape index (κ2) is 6.59. The standard InChI is InChI=1S/C11H16N2.C2H6/c12-10-7-11(13-8-10)6-9-4-2-1-3-5-9;1-2/h1-5,10-11,13H,6-8,12H2;1-2H3. The summed E-state index contributed by atoms with van der Waals surface area (Å²) in [6, 6.07) is 11.5. The molecule has 15 heavy (non-hydrogen) atoms. The molecule has 1 fully saturated rings. The molecule has 1 heterocycles. The van der Waals surface area contributed by atoms with Crippen LogP contribution in [0.15, 0.2) is 30.3 Å². The number of hydrogen-bond acceptors (Lipinski definition) is 2. The normalized spacial score (nSPS) is 24.5. The molecule has 2 heteroatoms. The number of benzene rings is 1. The summed E-state index contributed by atoms with van der Waals surface area (Å²) in [7, 11) is 0. The first-order chi connectivity index (χ1) is 7.34. The minimum absolute atomic E-state index is 0.355. The molecule has 0 spiro atoms. The monoisotopic (exact) mass is 206 g/mol. The van der Waals surface area contributed by atoms with Gasteiger partial charge in [0.1, 0.15) is 0 Å². The van der Waals surface area contributed by atoms with Gasteiger partial charge in [0.25, 0.3) is 0 Å². The van der Waals surface area contributed by atoms with Gasteiger partial charge in [0.2, 0.25) is 0 Å². The molecule has 0 amide bonds. The van der Waals surface area contributed by atoms with Crippen molar-refractivity contribution in [2.75, 3.05) is 6.54 Å². The zero-order valence-corrected chi connectivity index (χ0v) is 9.74. The average molecular weight is 206 g/mol. The Morgan fingerprint density at radius 2 is 1.93 bits per heavy atom. The van der Waals surface area contributed by atoms with Crippen LogP contribution in [-0.2, 0) is 6.42 Å².